The number of hydrogen-bond donors (Lipinski definition) is 2. The topological polar surface area (TPSA) is 98.8 Å². The molecule has 0 saturated carbocycles. The van der Waals surface area contributed by atoms with Crippen LogP contribution in [0, 0.1) is 11.7 Å². The number of halogens is 1. The lowest BCUT2D eigenvalue weighted by Gasteiger charge is -2.21. The van der Waals surface area contributed by atoms with Gasteiger partial charge in [-0.25, -0.2) is 9.37 Å². The summed E-state index contributed by atoms with van der Waals surface area (Å²) in [5.41, 5.74) is 0.986. The van der Waals surface area contributed by atoms with Crippen molar-refractivity contribution in [3.63, 3.8) is 0 Å². The maximum Gasteiger partial charge on any atom is 0.275 e. The molecular formula is C24H26FN3O5S. The second-order valence-electron chi connectivity index (χ2n) is 7.64. The normalized spacial score (nSPS) is 11.6. The van der Waals surface area contributed by atoms with Gasteiger partial charge >= 0.3 is 0 Å². The molecule has 0 aliphatic carbocycles. The van der Waals surface area contributed by atoms with E-state index in [1.807, 2.05) is 13.8 Å². The van der Waals surface area contributed by atoms with Crippen LogP contribution in [0.1, 0.15) is 45.7 Å². The van der Waals surface area contributed by atoms with Crippen molar-refractivity contribution in [3.05, 3.63) is 63.9 Å². The Kier molecular flexibility index (Phi) is 8.06. The van der Waals surface area contributed by atoms with Crippen LogP contribution in [0.2, 0.25) is 0 Å². The molecule has 3 rings (SSSR count). The maximum absolute atomic E-state index is 13.1. The standard InChI is InChI=1S/C24H26FN3O5S/c1-13(2)20(28-22(29)14-10-18(31-3)21(33-5)19(11-14)32-4)24-27-17(12-34-24)23(30)26-16-8-6-15(25)7-9-16/h6-13,20H,1-5H3,(H,26,30)(H,28,29). The largest absolute Gasteiger partial charge is 0.493 e. The van der Waals surface area contributed by atoms with Gasteiger partial charge in [-0.1, -0.05) is 13.8 Å². The number of nitrogens with zero attached hydrogens (tertiary/aromatic N) is 1. The van der Waals surface area contributed by atoms with Gasteiger partial charge in [0, 0.05) is 16.6 Å². The third-order valence-corrected chi connectivity index (χ3v) is 5.93. The summed E-state index contributed by atoms with van der Waals surface area (Å²) in [6.07, 6.45) is 0. The van der Waals surface area contributed by atoms with Crippen molar-refractivity contribution in [3.8, 4) is 17.2 Å². The summed E-state index contributed by atoms with van der Waals surface area (Å²) >= 11 is 1.27. The van der Waals surface area contributed by atoms with E-state index in [0.29, 0.717) is 33.5 Å². The highest BCUT2D eigenvalue weighted by molar-refractivity contribution is 7.10. The van der Waals surface area contributed by atoms with E-state index in [4.69, 9.17) is 14.2 Å². The van der Waals surface area contributed by atoms with Gasteiger partial charge in [-0.2, -0.15) is 0 Å². The van der Waals surface area contributed by atoms with Gasteiger partial charge in [-0.3, -0.25) is 9.59 Å². The van der Waals surface area contributed by atoms with Gasteiger partial charge in [0.25, 0.3) is 11.8 Å². The molecule has 0 bridgehead atoms. The Bertz CT molecular complexity index is 1140. The SMILES string of the molecule is COc1cc(C(=O)NC(c2nc(C(=O)Nc3ccc(F)cc3)cs2)C(C)C)cc(OC)c1OC. The fourth-order valence-corrected chi connectivity index (χ4v) is 4.23. The molecule has 0 saturated heterocycles. The minimum atomic E-state index is -0.441. The number of benzene rings is 2. The molecule has 2 aromatic carbocycles. The van der Waals surface area contributed by atoms with Crippen molar-refractivity contribution in [1.82, 2.24) is 10.3 Å². The zero-order chi connectivity index (χ0) is 24.8. The van der Waals surface area contributed by atoms with Gasteiger partial charge < -0.3 is 24.8 Å². The number of carbonyl (C=O) groups excluding carboxylic acids is 2. The Labute approximate surface area is 201 Å². The quantitative estimate of drug-likeness (QED) is 0.455. The van der Waals surface area contributed by atoms with Crippen LogP contribution in [0.5, 0.6) is 17.2 Å². The van der Waals surface area contributed by atoms with Gasteiger partial charge in [0.05, 0.1) is 27.4 Å². The Balaban J connectivity index is 1.79. The number of nitrogens with one attached hydrogen (secondary N) is 2. The van der Waals surface area contributed by atoms with Crippen LogP contribution in [0.25, 0.3) is 0 Å². The summed E-state index contributed by atoms with van der Waals surface area (Å²) in [6.45, 7) is 3.89. The van der Waals surface area contributed by atoms with Crippen molar-refractivity contribution < 1.29 is 28.2 Å². The number of aromatic nitrogens is 1. The first-order valence-electron chi connectivity index (χ1n) is 10.4. The molecule has 0 aliphatic rings. The lowest BCUT2D eigenvalue weighted by atomic mass is 10.0. The zero-order valence-corrected chi connectivity index (χ0v) is 20.3. The Morgan fingerprint density at radius 1 is 0.971 bits per heavy atom. The van der Waals surface area contributed by atoms with E-state index < -0.39 is 17.8 Å². The van der Waals surface area contributed by atoms with Crippen LogP contribution in [-0.4, -0.2) is 38.1 Å². The highest BCUT2D eigenvalue weighted by Crippen LogP contribution is 2.38. The monoisotopic (exact) mass is 487 g/mol. The molecular weight excluding hydrogens is 461 g/mol. The molecule has 10 heteroatoms. The van der Waals surface area contributed by atoms with Gasteiger partial charge in [-0.05, 0) is 42.3 Å². The Hall–Kier alpha value is -3.66. The Morgan fingerprint density at radius 3 is 2.12 bits per heavy atom. The number of carbonyl (C=O) groups is 2. The second-order valence-corrected chi connectivity index (χ2v) is 8.53. The van der Waals surface area contributed by atoms with E-state index in [0.717, 1.165) is 0 Å². The number of methoxy groups -OCH3 is 3. The number of thiazole rings is 1. The molecule has 0 fully saturated rings. The van der Waals surface area contributed by atoms with E-state index in [-0.39, 0.29) is 17.5 Å². The van der Waals surface area contributed by atoms with E-state index >= 15 is 0 Å². The summed E-state index contributed by atoms with van der Waals surface area (Å²) in [7, 11) is 4.44. The van der Waals surface area contributed by atoms with Crippen LogP contribution < -0.4 is 24.8 Å². The first-order chi connectivity index (χ1) is 16.3. The predicted octanol–water partition coefficient (Wildman–Crippen LogP) is 4.69. The number of hydrogen-bond acceptors (Lipinski definition) is 7. The van der Waals surface area contributed by atoms with Crippen molar-refractivity contribution in [1.29, 1.82) is 0 Å². The fourth-order valence-electron chi connectivity index (χ4n) is 3.21. The van der Waals surface area contributed by atoms with Crippen LogP contribution in [-0.2, 0) is 0 Å². The number of anilines is 1. The highest BCUT2D eigenvalue weighted by atomic mass is 32.1. The van der Waals surface area contributed by atoms with Crippen LogP contribution in [0.3, 0.4) is 0 Å². The van der Waals surface area contributed by atoms with Crippen LogP contribution in [0.15, 0.2) is 41.8 Å². The first-order valence-corrected chi connectivity index (χ1v) is 11.3. The maximum atomic E-state index is 13.1. The molecule has 2 amide bonds. The number of amides is 2. The summed E-state index contributed by atoms with van der Waals surface area (Å²) in [4.78, 5) is 30.1. The van der Waals surface area contributed by atoms with Gasteiger partial charge in [-0.15, -0.1) is 11.3 Å². The summed E-state index contributed by atoms with van der Waals surface area (Å²) in [6, 6.07) is 8.15. The molecule has 180 valence electrons. The Morgan fingerprint density at radius 2 is 1.59 bits per heavy atom. The zero-order valence-electron chi connectivity index (χ0n) is 19.5. The van der Waals surface area contributed by atoms with Gasteiger partial charge in [0.2, 0.25) is 5.75 Å². The number of rotatable bonds is 9. The molecule has 34 heavy (non-hydrogen) atoms. The van der Waals surface area contributed by atoms with E-state index in [2.05, 4.69) is 15.6 Å². The summed E-state index contributed by atoms with van der Waals surface area (Å²) < 4.78 is 29.1. The lowest BCUT2D eigenvalue weighted by molar-refractivity contribution is 0.0924. The van der Waals surface area contributed by atoms with E-state index in [1.54, 1.807) is 17.5 Å². The van der Waals surface area contributed by atoms with Crippen LogP contribution >= 0.6 is 11.3 Å². The number of ether oxygens (including phenoxy) is 3. The van der Waals surface area contributed by atoms with Crippen molar-refractivity contribution in [2.24, 2.45) is 5.92 Å². The van der Waals surface area contributed by atoms with Gasteiger partial charge in [0.15, 0.2) is 11.5 Å². The molecule has 1 atom stereocenters. The summed E-state index contributed by atoms with van der Waals surface area (Å²) in [5.74, 6) is -0.0670. The molecule has 3 aromatic rings. The smallest absolute Gasteiger partial charge is 0.275 e. The molecule has 2 N–H and O–H groups in total. The fraction of sp³-hybridized carbons (Fsp3) is 0.292. The van der Waals surface area contributed by atoms with E-state index in [1.165, 1.54) is 56.9 Å². The molecule has 8 nitrogen and oxygen atoms in total. The second kappa shape index (κ2) is 11.0. The molecule has 1 unspecified atom stereocenters. The third-order valence-electron chi connectivity index (χ3n) is 5.00. The van der Waals surface area contributed by atoms with E-state index in [9.17, 15) is 14.0 Å². The molecule has 1 aromatic heterocycles. The summed E-state index contributed by atoms with van der Waals surface area (Å²) in [5, 5.41) is 7.87. The highest BCUT2D eigenvalue weighted by Gasteiger charge is 2.25. The minimum absolute atomic E-state index is 0.00912. The predicted molar refractivity (Wildman–Crippen MR) is 128 cm³/mol. The first kappa shape index (κ1) is 25.0. The van der Waals surface area contributed by atoms with Crippen molar-refractivity contribution in [2.75, 3.05) is 26.6 Å². The van der Waals surface area contributed by atoms with Crippen LogP contribution in [0.4, 0.5) is 10.1 Å². The molecule has 1 heterocycles. The average Bonchev–Trinajstić information content (AvgIpc) is 3.32. The molecule has 0 spiro atoms. The third kappa shape index (κ3) is 5.63. The minimum Gasteiger partial charge on any atom is -0.493 e. The lowest BCUT2D eigenvalue weighted by Crippen LogP contribution is -2.32. The van der Waals surface area contributed by atoms with Crippen molar-refractivity contribution >= 4 is 28.8 Å². The average molecular weight is 488 g/mol. The molecule has 0 radical (unpaired) electrons. The van der Waals surface area contributed by atoms with Crippen molar-refractivity contribution in [2.45, 2.75) is 19.9 Å². The van der Waals surface area contributed by atoms with Gasteiger partial charge in [0.1, 0.15) is 16.5 Å². The molecule has 0 aliphatic heterocycles.